The standard InChI is InChI=1S/C26H18F2N6O3/c27-19-5-3-16(4-6-19)10-24(35)33-26(36)32-20-7-8-23(21(28)12-20)37-25-22-11-18(14-34(22)31-15-30-25)17-2-1-9-29-13-17/h1-9,11-15H,10H2,(H2,32,33,35,36). The monoisotopic (exact) mass is 500 g/mol. The van der Waals surface area contributed by atoms with Crippen molar-refractivity contribution in [2.45, 2.75) is 6.42 Å². The number of nitrogens with zero attached hydrogens (tertiary/aromatic N) is 4. The number of hydrogen-bond acceptors (Lipinski definition) is 6. The summed E-state index contributed by atoms with van der Waals surface area (Å²) in [7, 11) is 0. The fraction of sp³-hybridized carbons (Fsp3) is 0.0385. The van der Waals surface area contributed by atoms with E-state index in [-0.39, 0.29) is 23.7 Å². The van der Waals surface area contributed by atoms with Crippen LogP contribution in [0.4, 0.5) is 19.3 Å². The lowest BCUT2D eigenvalue weighted by Gasteiger charge is -2.10. The first-order valence-electron chi connectivity index (χ1n) is 11.0. The van der Waals surface area contributed by atoms with Gasteiger partial charge in [-0.3, -0.25) is 15.1 Å². The molecule has 184 valence electrons. The smallest absolute Gasteiger partial charge is 0.325 e. The van der Waals surface area contributed by atoms with Crippen molar-refractivity contribution in [2.24, 2.45) is 0 Å². The number of benzene rings is 2. The van der Waals surface area contributed by atoms with Gasteiger partial charge < -0.3 is 10.1 Å². The number of fused-ring (bicyclic) bond motifs is 1. The average molecular weight is 500 g/mol. The van der Waals surface area contributed by atoms with Crippen molar-refractivity contribution in [3.05, 3.63) is 103 Å². The molecule has 0 fully saturated rings. The summed E-state index contributed by atoms with van der Waals surface area (Å²) in [5.41, 5.74) is 2.86. The molecule has 0 spiro atoms. The SMILES string of the molecule is O=C(Cc1ccc(F)cc1)NC(=O)Nc1ccc(Oc2ncnn3cc(-c4cccnc4)cc23)c(F)c1. The van der Waals surface area contributed by atoms with Crippen LogP contribution in [0.15, 0.2) is 85.6 Å². The molecule has 3 aromatic heterocycles. The first-order valence-corrected chi connectivity index (χ1v) is 11.0. The Morgan fingerprint density at radius 1 is 1.00 bits per heavy atom. The van der Waals surface area contributed by atoms with Crippen LogP contribution in [0, 0.1) is 11.6 Å². The number of hydrogen-bond donors (Lipinski definition) is 2. The number of anilines is 1. The Morgan fingerprint density at radius 3 is 2.59 bits per heavy atom. The van der Waals surface area contributed by atoms with Gasteiger partial charge in [-0.15, -0.1) is 0 Å². The van der Waals surface area contributed by atoms with Crippen LogP contribution < -0.4 is 15.4 Å². The number of urea groups is 1. The van der Waals surface area contributed by atoms with E-state index >= 15 is 0 Å². The molecule has 0 aliphatic heterocycles. The normalized spacial score (nSPS) is 10.8. The first kappa shape index (κ1) is 23.5. The Labute approximate surface area is 208 Å². The predicted molar refractivity (Wildman–Crippen MR) is 130 cm³/mol. The number of pyridine rings is 1. The first-order chi connectivity index (χ1) is 17.9. The molecule has 0 saturated heterocycles. The second-order valence-electron chi connectivity index (χ2n) is 7.92. The van der Waals surface area contributed by atoms with Gasteiger partial charge in [-0.2, -0.15) is 10.1 Å². The third kappa shape index (κ3) is 5.56. The highest BCUT2D eigenvalue weighted by Gasteiger charge is 2.15. The molecule has 3 amide bonds. The number of halogens is 2. The average Bonchev–Trinajstić information content (AvgIpc) is 3.33. The van der Waals surface area contributed by atoms with Crippen LogP contribution in [0.25, 0.3) is 16.6 Å². The Balaban J connectivity index is 1.25. The van der Waals surface area contributed by atoms with E-state index in [0.29, 0.717) is 11.1 Å². The van der Waals surface area contributed by atoms with Gasteiger partial charge in [0, 0.05) is 41.5 Å². The molecule has 5 rings (SSSR count). The molecule has 0 radical (unpaired) electrons. The van der Waals surface area contributed by atoms with Gasteiger partial charge in [0.25, 0.3) is 0 Å². The number of amides is 3. The molecular formula is C26H18F2N6O3. The van der Waals surface area contributed by atoms with Crippen LogP contribution in [0.1, 0.15) is 5.56 Å². The molecule has 0 aliphatic carbocycles. The van der Waals surface area contributed by atoms with Gasteiger partial charge in [-0.1, -0.05) is 18.2 Å². The van der Waals surface area contributed by atoms with Crippen molar-refractivity contribution in [3.63, 3.8) is 0 Å². The third-order valence-corrected chi connectivity index (χ3v) is 5.29. The number of carbonyl (C=O) groups is 2. The minimum Gasteiger partial charge on any atom is -0.434 e. The molecular weight excluding hydrogens is 482 g/mol. The van der Waals surface area contributed by atoms with Gasteiger partial charge >= 0.3 is 6.03 Å². The van der Waals surface area contributed by atoms with Crippen LogP contribution in [0.3, 0.4) is 0 Å². The van der Waals surface area contributed by atoms with E-state index in [1.807, 2.05) is 12.1 Å². The summed E-state index contributed by atoms with van der Waals surface area (Å²) in [5.74, 6) is -1.78. The summed E-state index contributed by atoms with van der Waals surface area (Å²) in [4.78, 5) is 32.4. The highest BCUT2D eigenvalue weighted by molar-refractivity contribution is 6.01. The Bertz CT molecular complexity index is 1590. The lowest BCUT2D eigenvalue weighted by Crippen LogP contribution is -2.35. The topological polar surface area (TPSA) is 111 Å². The molecule has 5 aromatic rings. The summed E-state index contributed by atoms with van der Waals surface area (Å²) in [5, 5.41) is 8.69. The van der Waals surface area contributed by atoms with Crippen LogP contribution in [0.2, 0.25) is 0 Å². The summed E-state index contributed by atoms with van der Waals surface area (Å²) in [6.07, 6.45) is 6.33. The minimum absolute atomic E-state index is 0.103. The van der Waals surface area contributed by atoms with Crippen LogP contribution in [-0.4, -0.2) is 31.5 Å². The maximum absolute atomic E-state index is 14.8. The molecule has 2 aromatic carbocycles. The van der Waals surface area contributed by atoms with Gasteiger partial charge in [0.2, 0.25) is 11.8 Å². The number of imide groups is 1. The zero-order valence-electron chi connectivity index (χ0n) is 19.1. The highest BCUT2D eigenvalue weighted by atomic mass is 19.1. The molecule has 9 nitrogen and oxygen atoms in total. The van der Waals surface area contributed by atoms with E-state index in [4.69, 9.17) is 4.74 Å². The van der Waals surface area contributed by atoms with Gasteiger partial charge in [0.1, 0.15) is 17.7 Å². The van der Waals surface area contributed by atoms with Crippen molar-refractivity contribution in [3.8, 4) is 22.8 Å². The van der Waals surface area contributed by atoms with Crippen molar-refractivity contribution in [1.29, 1.82) is 0 Å². The van der Waals surface area contributed by atoms with Crippen LogP contribution in [0.5, 0.6) is 11.6 Å². The van der Waals surface area contributed by atoms with Crippen LogP contribution in [-0.2, 0) is 11.2 Å². The van der Waals surface area contributed by atoms with E-state index in [9.17, 15) is 18.4 Å². The van der Waals surface area contributed by atoms with Crippen LogP contribution >= 0.6 is 0 Å². The number of nitrogens with one attached hydrogen (secondary N) is 2. The van der Waals surface area contributed by atoms with Gasteiger partial charge in [-0.25, -0.2) is 18.1 Å². The Hall–Kier alpha value is -5.19. The van der Waals surface area contributed by atoms with Crippen molar-refractivity contribution in [1.82, 2.24) is 24.9 Å². The quantitative estimate of drug-likeness (QED) is 0.348. The summed E-state index contributed by atoms with van der Waals surface area (Å²) in [6, 6.07) is 13.8. The van der Waals surface area contributed by atoms with E-state index in [0.717, 1.165) is 17.2 Å². The molecule has 2 N–H and O–H groups in total. The summed E-state index contributed by atoms with van der Waals surface area (Å²) >= 11 is 0. The van der Waals surface area contributed by atoms with Gasteiger partial charge in [0.05, 0.1) is 6.42 Å². The molecule has 0 aliphatic rings. The third-order valence-electron chi connectivity index (χ3n) is 5.29. The Morgan fingerprint density at radius 2 is 1.84 bits per heavy atom. The molecule has 0 bridgehead atoms. The fourth-order valence-corrected chi connectivity index (χ4v) is 3.56. The van der Waals surface area contributed by atoms with Crippen molar-refractivity contribution >= 4 is 23.1 Å². The van der Waals surface area contributed by atoms with Gasteiger partial charge in [-0.05, 0) is 42.0 Å². The second-order valence-corrected chi connectivity index (χ2v) is 7.92. The molecule has 37 heavy (non-hydrogen) atoms. The fourth-order valence-electron chi connectivity index (χ4n) is 3.56. The number of ether oxygens (including phenoxy) is 1. The van der Waals surface area contributed by atoms with Crippen molar-refractivity contribution < 1.29 is 23.1 Å². The number of aromatic nitrogens is 4. The minimum atomic E-state index is -0.839. The zero-order valence-corrected chi connectivity index (χ0v) is 19.1. The largest absolute Gasteiger partial charge is 0.434 e. The van der Waals surface area contributed by atoms with Gasteiger partial charge in [0.15, 0.2) is 11.6 Å². The van der Waals surface area contributed by atoms with E-state index < -0.39 is 23.6 Å². The molecule has 3 heterocycles. The maximum Gasteiger partial charge on any atom is 0.325 e. The maximum atomic E-state index is 14.8. The van der Waals surface area contributed by atoms with E-state index in [1.54, 1.807) is 29.2 Å². The molecule has 11 heteroatoms. The van der Waals surface area contributed by atoms with Crippen molar-refractivity contribution in [2.75, 3.05) is 5.32 Å². The predicted octanol–water partition coefficient (Wildman–Crippen LogP) is 4.75. The lowest BCUT2D eigenvalue weighted by molar-refractivity contribution is -0.119. The van der Waals surface area contributed by atoms with E-state index in [2.05, 4.69) is 25.7 Å². The number of carbonyl (C=O) groups excluding carboxylic acids is 2. The second kappa shape index (κ2) is 10.2. The zero-order chi connectivity index (χ0) is 25.8. The number of rotatable bonds is 6. The Kier molecular flexibility index (Phi) is 6.49. The van der Waals surface area contributed by atoms with E-state index in [1.165, 1.54) is 42.7 Å². The highest BCUT2D eigenvalue weighted by Crippen LogP contribution is 2.30. The summed E-state index contributed by atoms with van der Waals surface area (Å²) in [6.45, 7) is 0. The molecule has 0 atom stereocenters. The molecule has 0 saturated carbocycles. The lowest BCUT2D eigenvalue weighted by atomic mass is 10.1. The summed E-state index contributed by atoms with van der Waals surface area (Å²) < 4.78 is 35.0. The molecule has 0 unspecified atom stereocenters.